The molecule has 100 valence electrons. The van der Waals surface area contributed by atoms with Gasteiger partial charge >= 0.3 is 0 Å². The minimum absolute atomic E-state index is 0.134. The van der Waals surface area contributed by atoms with Crippen LogP contribution in [0.25, 0.3) is 0 Å². The molecule has 0 amide bonds. The van der Waals surface area contributed by atoms with Gasteiger partial charge in [-0.1, -0.05) is 41.3 Å². The molecule has 2 rings (SSSR count). The Morgan fingerprint density at radius 2 is 1.89 bits per heavy atom. The van der Waals surface area contributed by atoms with Crippen LogP contribution in [0.2, 0.25) is 10.0 Å². The lowest BCUT2D eigenvalue weighted by atomic mass is 10.2. The highest BCUT2D eigenvalue weighted by Gasteiger charge is 2.18. The van der Waals surface area contributed by atoms with Crippen LogP contribution < -0.4 is 4.74 Å². The lowest BCUT2D eigenvalue weighted by Gasteiger charge is -2.19. The number of likely N-dealkylation sites (tertiary alicyclic amines) is 1. The summed E-state index contributed by atoms with van der Waals surface area (Å²) in [5.41, 5.74) is 0.847. The first-order valence-electron chi connectivity index (χ1n) is 5.98. The molecule has 1 aliphatic heterocycles. The lowest BCUT2D eigenvalue weighted by molar-refractivity contribution is 0.371. The maximum atomic E-state index is 6.16. The van der Waals surface area contributed by atoms with Gasteiger partial charge in [-0.05, 0) is 25.0 Å². The Labute approximate surface area is 128 Å². The van der Waals surface area contributed by atoms with Crippen molar-refractivity contribution in [3.63, 3.8) is 0 Å². The number of ether oxygens (including phenoxy) is 1. The van der Waals surface area contributed by atoms with Crippen LogP contribution in [-0.2, 0) is 0 Å². The van der Waals surface area contributed by atoms with Gasteiger partial charge in [0.25, 0.3) is 0 Å². The fraction of sp³-hybridized carbons (Fsp3) is 0.357. The summed E-state index contributed by atoms with van der Waals surface area (Å²) >= 11 is 17.8. The Hall–Kier alpha value is -0.950. The number of hydrogen-bond donors (Lipinski definition) is 0. The Morgan fingerprint density at radius 1 is 1.32 bits per heavy atom. The van der Waals surface area contributed by atoms with Gasteiger partial charge in [0.05, 0.1) is 10.0 Å². The first-order chi connectivity index (χ1) is 9.13. The lowest BCUT2D eigenvalue weighted by Crippen LogP contribution is -2.26. The molecule has 0 N–H and O–H groups in total. The zero-order valence-corrected chi connectivity index (χ0v) is 12.6. The van der Waals surface area contributed by atoms with E-state index in [2.05, 4.69) is 10.8 Å². The first-order valence-corrected chi connectivity index (χ1v) is 7.14. The maximum absolute atomic E-state index is 6.16. The number of terminal acetylenes is 1. The molecule has 0 bridgehead atoms. The smallest absolute Gasteiger partial charge is 0.157 e. The number of rotatable bonds is 3. The van der Waals surface area contributed by atoms with Gasteiger partial charge in [0.15, 0.2) is 5.75 Å². The molecule has 1 aromatic rings. The van der Waals surface area contributed by atoms with Crippen molar-refractivity contribution >= 4 is 40.4 Å². The summed E-state index contributed by atoms with van der Waals surface area (Å²) in [5, 5.41) is 0.860. The minimum Gasteiger partial charge on any atom is -0.478 e. The van der Waals surface area contributed by atoms with Crippen LogP contribution in [0.5, 0.6) is 5.75 Å². The van der Waals surface area contributed by atoms with E-state index in [1.165, 1.54) is 12.8 Å². The zero-order chi connectivity index (χ0) is 13.8. The van der Waals surface area contributed by atoms with E-state index in [0.717, 1.165) is 23.6 Å². The molecule has 5 heteroatoms. The third-order valence-electron chi connectivity index (χ3n) is 2.94. The average Bonchev–Trinajstić information content (AvgIpc) is 2.90. The topological polar surface area (TPSA) is 12.5 Å². The molecule has 1 aliphatic rings. The Morgan fingerprint density at radius 3 is 2.42 bits per heavy atom. The van der Waals surface area contributed by atoms with Crippen molar-refractivity contribution in [3.8, 4) is 18.1 Å². The number of hydrogen-bond acceptors (Lipinski definition) is 2. The van der Waals surface area contributed by atoms with Gasteiger partial charge in [0.1, 0.15) is 11.6 Å². The van der Waals surface area contributed by atoms with Gasteiger partial charge in [-0.3, -0.25) is 0 Å². The fourth-order valence-corrected chi connectivity index (χ4v) is 2.93. The van der Waals surface area contributed by atoms with E-state index >= 15 is 0 Å². The molecule has 19 heavy (non-hydrogen) atoms. The molecule has 0 aromatic heterocycles. The summed E-state index contributed by atoms with van der Waals surface area (Å²) in [4.78, 5) is 2.95. The van der Waals surface area contributed by atoms with E-state index in [-0.39, 0.29) is 6.61 Å². The Balaban J connectivity index is 2.24. The van der Waals surface area contributed by atoms with E-state index < -0.39 is 0 Å². The second-order valence-electron chi connectivity index (χ2n) is 4.26. The molecule has 1 heterocycles. The van der Waals surface area contributed by atoms with Crippen molar-refractivity contribution in [3.05, 3.63) is 27.7 Å². The Bertz CT molecular complexity index is 510. The van der Waals surface area contributed by atoms with Crippen LogP contribution in [0.3, 0.4) is 0 Å². The normalized spacial score (nSPS) is 14.3. The number of benzene rings is 1. The molecular formula is C14H13Cl2NOS. The van der Waals surface area contributed by atoms with E-state index in [0.29, 0.717) is 15.8 Å². The van der Waals surface area contributed by atoms with Crippen molar-refractivity contribution in [2.75, 3.05) is 19.7 Å². The van der Waals surface area contributed by atoms with Crippen molar-refractivity contribution in [1.82, 2.24) is 4.90 Å². The van der Waals surface area contributed by atoms with Crippen LogP contribution in [0.15, 0.2) is 12.1 Å². The number of halogens is 2. The largest absolute Gasteiger partial charge is 0.478 e. The van der Waals surface area contributed by atoms with E-state index in [9.17, 15) is 0 Å². The second-order valence-corrected chi connectivity index (χ2v) is 5.46. The van der Waals surface area contributed by atoms with Crippen LogP contribution in [0.1, 0.15) is 18.4 Å². The predicted octanol–water partition coefficient (Wildman–Crippen LogP) is 3.78. The summed E-state index contributed by atoms with van der Waals surface area (Å²) in [6, 6.07) is 3.56. The van der Waals surface area contributed by atoms with Crippen molar-refractivity contribution in [2.45, 2.75) is 12.8 Å². The summed E-state index contributed by atoms with van der Waals surface area (Å²) in [6.07, 6.45) is 7.49. The fourth-order valence-electron chi connectivity index (χ4n) is 2.04. The quantitative estimate of drug-likeness (QED) is 0.622. The molecule has 0 radical (unpaired) electrons. The summed E-state index contributed by atoms with van der Waals surface area (Å²) in [5.74, 6) is 2.79. The highest BCUT2D eigenvalue weighted by Crippen LogP contribution is 2.34. The Kier molecular flexibility index (Phi) is 4.93. The van der Waals surface area contributed by atoms with Crippen LogP contribution >= 0.6 is 35.4 Å². The second kappa shape index (κ2) is 6.47. The molecule has 1 fully saturated rings. The van der Waals surface area contributed by atoms with Gasteiger partial charge in [-0.25, -0.2) is 0 Å². The molecule has 1 aromatic carbocycles. The van der Waals surface area contributed by atoms with Crippen molar-refractivity contribution in [1.29, 1.82) is 0 Å². The van der Waals surface area contributed by atoms with E-state index in [1.807, 2.05) is 0 Å². The molecule has 0 saturated carbocycles. The average molecular weight is 314 g/mol. The van der Waals surface area contributed by atoms with Crippen LogP contribution in [0.4, 0.5) is 0 Å². The third-order valence-corrected chi connectivity index (χ3v) is 3.99. The van der Waals surface area contributed by atoms with Gasteiger partial charge in [-0.15, -0.1) is 6.42 Å². The molecule has 1 saturated heterocycles. The maximum Gasteiger partial charge on any atom is 0.157 e. The molecule has 0 aliphatic carbocycles. The summed E-state index contributed by atoms with van der Waals surface area (Å²) in [6.45, 7) is 2.11. The van der Waals surface area contributed by atoms with Crippen molar-refractivity contribution < 1.29 is 4.74 Å². The van der Waals surface area contributed by atoms with Crippen molar-refractivity contribution in [2.24, 2.45) is 0 Å². The highest BCUT2D eigenvalue weighted by atomic mass is 35.5. The van der Waals surface area contributed by atoms with E-state index in [1.54, 1.807) is 12.1 Å². The van der Waals surface area contributed by atoms with Gasteiger partial charge in [0, 0.05) is 18.7 Å². The molecule has 2 nitrogen and oxygen atoms in total. The van der Waals surface area contributed by atoms with Gasteiger partial charge in [-0.2, -0.15) is 0 Å². The van der Waals surface area contributed by atoms with Gasteiger partial charge in [0.2, 0.25) is 0 Å². The molecule has 0 spiro atoms. The first kappa shape index (κ1) is 14.5. The van der Waals surface area contributed by atoms with Crippen LogP contribution in [0, 0.1) is 12.3 Å². The predicted molar refractivity (Wildman–Crippen MR) is 83.3 cm³/mol. The van der Waals surface area contributed by atoms with Crippen LogP contribution in [-0.4, -0.2) is 29.6 Å². The summed E-state index contributed by atoms with van der Waals surface area (Å²) in [7, 11) is 0. The summed E-state index contributed by atoms with van der Waals surface area (Å²) < 4.78 is 5.32. The monoisotopic (exact) mass is 313 g/mol. The highest BCUT2D eigenvalue weighted by molar-refractivity contribution is 7.80. The molecular weight excluding hydrogens is 301 g/mol. The van der Waals surface area contributed by atoms with Gasteiger partial charge < -0.3 is 9.64 Å². The van der Waals surface area contributed by atoms with E-state index in [4.69, 9.17) is 46.6 Å². The standard InChI is InChI=1S/C14H13Cl2NOS/c1-2-7-18-13-11(15)8-10(9-12(13)16)14(19)17-5-3-4-6-17/h1,8-9H,3-7H2. The zero-order valence-electron chi connectivity index (χ0n) is 10.3. The number of nitrogens with zero attached hydrogens (tertiary/aromatic N) is 1. The SMILES string of the molecule is C#CCOc1c(Cl)cc(C(=S)N2CCCC2)cc1Cl. The minimum atomic E-state index is 0.134. The third kappa shape index (κ3) is 3.33. The number of thiocarbonyl (C=S) groups is 1. The molecule has 0 unspecified atom stereocenters. The molecule has 0 atom stereocenters.